The lowest BCUT2D eigenvalue weighted by atomic mass is 10.1. The number of amides is 1. The molecule has 0 aliphatic rings. The zero-order valence-electron chi connectivity index (χ0n) is 12.8. The van der Waals surface area contributed by atoms with Crippen LogP contribution in [0.3, 0.4) is 0 Å². The van der Waals surface area contributed by atoms with Gasteiger partial charge in [0.1, 0.15) is 5.75 Å². The van der Waals surface area contributed by atoms with Crippen molar-refractivity contribution in [1.82, 2.24) is 4.98 Å². The number of carbonyl (C=O) groups is 1. The summed E-state index contributed by atoms with van der Waals surface area (Å²) in [7, 11) is 0. The lowest BCUT2D eigenvalue weighted by molar-refractivity contribution is -0.118. The highest BCUT2D eigenvalue weighted by Crippen LogP contribution is 2.29. The van der Waals surface area contributed by atoms with Crippen LogP contribution in [0.2, 0.25) is 5.15 Å². The number of hydrogen-bond acceptors (Lipinski definition) is 3. The Labute approximate surface area is 145 Å². The van der Waals surface area contributed by atoms with Gasteiger partial charge in [-0.1, -0.05) is 60.1 Å². The van der Waals surface area contributed by atoms with Crippen LogP contribution in [0.25, 0.3) is 11.1 Å². The average Bonchev–Trinajstić information content (AvgIpc) is 2.63. The number of nitrogens with zero attached hydrogens (tertiary/aromatic N) is 1. The number of anilines is 1. The van der Waals surface area contributed by atoms with Gasteiger partial charge in [-0.15, -0.1) is 0 Å². The smallest absolute Gasteiger partial charge is 0.262 e. The third kappa shape index (κ3) is 3.91. The molecule has 1 N–H and O–H groups in total. The van der Waals surface area contributed by atoms with Gasteiger partial charge in [0, 0.05) is 11.8 Å². The van der Waals surface area contributed by atoms with Gasteiger partial charge < -0.3 is 10.1 Å². The molecule has 24 heavy (non-hydrogen) atoms. The van der Waals surface area contributed by atoms with Crippen LogP contribution in [0, 0.1) is 0 Å². The van der Waals surface area contributed by atoms with E-state index in [0.29, 0.717) is 11.4 Å². The molecule has 3 aromatic rings. The van der Waals surface area contributed by atoms with E-state index in [1.54, 1.807) is 18.3 Å². The normalized spacial score (nSPS) is 10.2. The van der Waals surface area contributed by atoms with E-state index in [1.165, 1.54) is 0 Å². The highest BCUT2D eigenvalue weighted by molar-refractivity contribution is 6.32. The van der Waals surface area contributed by atoms with Crippen LogP contribution in [0.1, 0.15) is 0 Å². The fraction of sp³-hybridized carbons (Fsp3) is 0.0526. The van der Waals surface area contributed by atoms with E-state index in [9.17, 15) is 4.79 Å². The molecule has 120 valence electrons. The summed E-state index contributed by atoms with van der Waals surface area (Å²) in [6, 6.07) is 20.9. The number of rotatable bonds is 5. The molecule has 1 aromatic heterocycles. The van der Waals surface area contributed by atoms with Gasteiger partial charge in [0.05, 0.1) is 5.69 Å². The fourth-order valence-corrected chi connectivity index (χ4v) is 2.42. The summed E-state index contributed by atoms with van der Waals surface area (Å²) in [5.41, 5.74) is 2.43. The fourth-order valence-electron chi connectivity index (χ4n) is 2.26. The third-order valence-corrected chi connectivity index (χ3v) is 3.66. The monoisotopic (exact) mass is 338 g/mol. The van der Waals surface area contributed by atoms with Gasteiger partial charge in [-0.2, -0.15) is 0 Å². The Hall–Kier alpha value is -2.85. The summed E-state index contributed by atoms with van der Waals surface area (Å²) in [5.74, 6) is 0.351. The minimum atomic E-state index is -0.298. The predicted octanol–water partition coefficient (Wildman–Crippen LogP) is 4.42. The first-order valence-electron chi connectivity index (χ1n) is 7.41. The van der Waals surface area contributed by atoms with Crippen LogP contribution in [-0.4, -0.2) is 17.5 Å². The molecule has 0 bridgehead atoms. The number of hydrogen-bond donors (Lipinski definition) is 1. The van der Waals surface area contributed by atoms with Gasteiger partial charge in [0.25, 0.3) is 5.91 Å². The highest BCUT2D eigenvalue weighted by Gasteiger charge is 2.10. The lowest BCUT2D eigenvalue weighted by Gasteiger charge is -2.12. The molecular weight excluding hydrogens is 324 g/mol. The molecule has 0 atom stereocenters. The second kappa shape index (κ2) is 7.62. The van der Waals surface area contributed by atoms with Crippen LogP contribution >= 0.6 is 11.6 Å². The zero-order chi connectivity index (χ0) is 16.8. The molecule has 0 saturated carbocycles. The molecule has 0 aliphatic heterocycles. The predicted molar refractivity (Wildman–Crippen MR) is 95.2 cm³/mol. The molecule has 0 radical (unpaired) electrons. The maximum atomic E-state index is 12.1. The largest absolute Gasteiger partial charge is 0.483 e. The Morgan fingerprint density at radius 2 is 1.75 bits per heavy atom. The Balaban J connectivity index is 1.69. The SMILES string of the molecule is O=C(COc1ccccc1-c1ccccc1)Nc1cccnc1Cl. The average molecular weight is 339 g/mol. The van der Waals surface area contributed by atoms with Crippen molar-refractivity contribution >= 4 is 23.2 Å². The van der Waals surface area contributed by atoms with Crippen LogP contribution in [0.15, 0.2) is 72.9 Å². The first kappa shape index (κ1) is 16.0. The van der Waals surface area contributed by atoms with E-state index in [4.69, 9.17) is 16.3 Å². The van der Waals surface area contributed by atoms with Gasteiger partial charge in [0.2, 0.25) is 0 Å². The Kier molecular flexibility index (Phi) is 5.08. The topological polar surface area (TPSA) is 51.2 Å². The molecule has 0 saturated heterocycles. The van der Waals surface area contributed by atoms with E-state index in [0.717, 1.165) is 11.1 Å². The second-order valence-electron chi connectivity index (χ2n) is 5.04. The minimum Gasteiger partial charge on any atom is -0.483 e. The van der Waals surface area contributed by atoms with Crippen LogP contribution in [-0.2, 0) is 4.79 Å². The van der Waals surface area contributed by atoms with E-state index in [-0.39, 0.29) is 17.7 Å². The number of halogens is 1. The van der Waals surface area contributed by atoms with Crippen LogP contribution in [0.4, 0.5) is 5.69 Å². The molecular formula is C19H15ClN2O2. The first-order chi connectivity index (χ1) is 11.7. The number of para-hydroxylation sites is 1. The molecule has 0 aliphatic carbocycles. The summed E-state index contributed by atoms with van der Waals surface area (Å²) >= 11 is 5.92. The number of aromatic nitrogens is 1. The Morgan fingerprint density at radius 1 is 1.00 bits per heavy atom. The molecule has 5 heteroatoms. The molecule has 1 amide bonds. The second-order valence-corrected chi connectivity index (χ2v) is 5.40. The van der Waals surface area contributed by atoms with Crippen molar-refractivity contribution in [3.63, 3.8) is 0 Å². The van der Waals surface area contributed by atoms with E-state index in [2.05, 4.69) is 10.3 Å². The number of carbonyl (C=O) groups excluding carboxylic acids is 1. The number of ether oxygens (including phenoxy) is 1. The van der Waals surface area contributed by atoms with Gasteiger partial charge in [0.15, 0.2) is 11.8 Å². The van der Waals surface area contributed by atoms with E-state index in [1.807, 2.05) is 54.6 Å². The van der Waals surface area contributed by atoms with E-state index < -0.39 is 0 Å². The lowest BCUT2D eigenvalue weighted by Crippen LogP contribution is -2.20. The van der Waals surface area contributed by atoms with Gasteiger partial charge in [-0.05, 0) is 23.8 Å². The third-order valence-electron chi connectivity index (χ3n) is 3.36. The minimum absolute atomic E-state index is 0.116. The van der Waals surface area contributed by atoms with Crippen molar-refractivity contribution in [2.75, 3.05) is 11.9 Å². The van der Waals surface area contributed by atoms with Crippen LogP contribution in [0.5, 0.6) is 5.75 Å². The Morgan fingerprint density at radius 3 is 2.54 bits per heavy atom. The molecule has 0 unspecified atom stereocenters. The maximum Gasteiger partial charge on any atom is 0.262 e. The van der Waals surface area contributed by atoms with Crippen molar-refractivity contribution in [2.45, 2.75) is 0 Å². The van der Waals surface area contributed by atoms with Crippen molar-refractivity contribution in [1.29, 1.82) is 0 Å². The van der Waals surface area contributed by atoms with Crippen molar-refractivity contribution in [2.24, 2.45) is 0 Å². The molecule has 1 heterocycles. The van der Waals surface area contributed by atoms with Gasteiger partial charge >= 0.3 is 0 Å². The van der Waals surface area contributed by atoms with Crippen LogP contribution < -0.4 is 10.1 Å². The standard InChI is InChI=1S/C19H15ClN2O2/c20-19-16(10-6-12-21-19)22-18(23)13-24-17-11-5-4-9-15(17)14-7-2-1-3-8-14/h1-12H,13H2,(H,22,23). The molecule has 3 rings (SSSR count). The number of benzene rings is 2. The summed E-state index contributed by atoms with van der Waals surface area (Å²) in [5, 5.41) is 2.93. The van der Waals surface area contributed by atoms with Crippen molar-refractivity contribution < 1.29 is 9.53 Å². The summed E-state index contributed by atoms with van der Waals surface area (Å²) < 4.78 is 5.69. The van der Waals surface area contributed by atoms with Crippen molar-refractivity contribution in [3.05, 3.63) is 78.1 Å². The zero-order valence-corrected chi connectivity index (χ0v) is 13.5. The van der Waals surface area contributed by atoms with E-state index >= 15 is 0 Å². The highest BCUT2D eigenvalue weighted by atomic mass is 35.5. The maximum absolute atomic E-state index is 12.1. The summed E-state index contributed by atoms with van der Waals surface area (Å²) in [4.78, 5) is 16.0. The van der Waals surface area contributed by atoms with Crippen molar-refractivity contribution in [3.8, 4) is 16.9 Å². The van der Waals surface area contributed by atoms with Gasteiger partial charge in [-0.3, -0.25) is 4.79 Å². The number of nitrogens with one attached hydrogen (secondary N) is 1. The first-order valence-corrected chi connectivity index (χ1v) is 7.79. The Bertz CT molecular complexity index is 838. The van der Waals surface area contributed by atoms with Gasteiger partial charge in [-0.25, -0.2) is 4.98 Å². The quantitative estimate of drug-likeness (QED) is 0.701. The summed E-state index contributed by atoms with van der Waals surface area (Å²) in [6.45, 7) is -0.116. The molecule has 4 nitrogen and oxygen atoms in total. The summed E-state index contributed by atoms with van der Waals surface area (Å²) in [6.07, 6.45) is 1.56. The number of pyridine rings is 1. The molecule has 0 fully saturated rings. The molecule has 2 aromatic carbocycles. The molecule has 0 spiro atoms.